The van der Waals surface area contributed by atoms with Crippen LogP contribution in [-0.2, 0) is 13.2 Å². The first-order chi connectivity index (χ1) is 13.7. The predicted octanol–water partition coefficient (Wildman–Crippen LogP) is 3.58. The smallest absolute Gasteiger partial charge is 0.199 e. The van der Waals surface area contributed by atoms with Crippen molar-refractivity contribution in [2.75, 3.05) is 31.1 Å². The molecule has 1 aromatic carbocycles. The molecule has 0 bridgehead atoms. The maximum Gasteiger partial charge on any atom is 0.199 e. The molecule has 0 atom stereocenters. The van der Waals surface area contributed by atoms with Crippen molar-refractivity contribution in [1.29, 1.82) is 0 Å². The van der Waals surface area contributed by atoms with Crippen LogP contribution in [-0.4, -0.2) is 50.4 Å². The molecule has 0 saturated carbocycles. The summed E-state index contributed by atoms with van der Waals surface area (Å²) in [5.74, 6) is 0.959. The molecule has 1 fully saturated rings. The van der Waals surface area contributed by atoms with Crippen LogP contribution in [0.3, 0.4) is 0 Å². The van der Waals surface area contributed by atoms with E-state index in [1.165, 1.54) is 11.3 Å². The molecule has 146 valence electrons. The van der Waals surface area contributed by atoms with E-state index < -0.39 is 0 Å². The van der Waals surface area contributed by atoms with E-state index in [-0.39, 0.29) is 0 Å². The summed E-state index contributed by atoms with van der Waals surface area (Å²) >= 11 is 5.74. The van der Waals surface area contributed by atoms with Gasteiger partial charge in [0, 0.05) is 56.4 Å². The number of rotatable bonds is 5. The lowest BCUT2D eigenvalue weighted by atomic mass is 10.1. The van der Waals surface area contributed by atoms with Gasteiger partial charge in [0.2, 0.25) is 0 Å². The summed E-state index contributed by atoms with van der Waals surface area (Å²) in [7, 11) is 0. The number of aryl methyl sites for hydroxylation is 1. The quantitative estimate of drug-likeness (QED) is 0.619. The molecule has 0 spiro atoms. The van der Waals surface area contributed by atoms with Gasteiger partial charge in [-0.05, 0) is 43.8 Å². The van der Waals surface area contributed by atoms with Crippen LogP contribution >= 0.6 is 12.2 Å². The lowest BCUT2D eigenvalue weighted by molar-refractivity contribution is 0.194. The first kappa shape index (κ1) is 18.8. The van der Waals surface area contributed by atoms with Crippen LogP contribution in [0.2, 0.25) is 0 Å². The highest BCUT2D eigenvalue weighted by Crippen LogP contribution is 2.22. The second-order valence-corrected chi connectivity index (χ2v) is 7.48. The van der Waals surface area contributed by atoms with Gasteiger partial charge in [0.1, 0.15) is 0 Å². The number of anilines is 1. The number of benzene rings is 1. The topological polar surface area (TPSA) is 42.1 Å². The largest absolute Gasteiger partial charge is 0.369 e. The second kappa shape index (κ2) is 8.24. The van der Waals surface area contributed by atoms with Gasteiger partial charge in [-0.1, -0.05) is 24.3 Å². The van der Waals surface area contributed by atoms with Crippen molar-refractivity contribution >= 4 is 17.9 Å². The Kier molecular flexibility index (Phi) is 5.54. The van der Waals surface area contributed by atoms with Crippen molar-refractivity contribution in [3.63, 3.8) is 0 Å². The molecule has 28 heavy (non-hydrogen) atoms. The van der Waals surface area contributed by atoms with Gasteiger partial charge in [0.05, 0.1) is 6.67 Å². The zero-order valence-electron chi connectivity index (χ0n) is 16.5. The zero-order chi connectivity index (χ0) is 19.5. The lowest BCUT2D eigenvalue weighted by Crippen LogP contribution is -2.47. The third-order valence-electron chi connectivity index (χ3n) is 5.36. The molecule has 2 aromatic heterocycles. The molecule has 0 radical (unpaired) electrons. The Morgan fingerprint density at radius 1 is 1.00 bits per heavy atom. The molecule has 1 aliphatic rings. The molecule has 3 aromatic rings. The molecule has 0 unspecified atom stereocenters. The standard InChI is InChI=1S/C21H26N6S/c1-3-26-20(19-7-5-4-6-17(19)2)23-27(21(26)28)16-24-12-14-25(15-13-24)18-8-10-22-11-9-18/h4-11H,3,12-16H2,1-2H3. The minimum atomic E-state index is 0.731. The van der Waals surface area contributed by atoms with Gasteiger partial charge < -0.3 is 9.47 Å². The normalized spacial score (nSPS) is 15.1. The lowest BCUT2D eigenvalue weighted by Gasteiger charge is -2.35. The van der Waals surface area contributed by atoms with E-state index in [1.807, 2.05) is 17.1 Å². The summed E-state index contributed by atoms with van der Waals surface area (Å²) in [6, 6.07) is 12.5. The minimum Gasteiger partial charge on any atom is -0.369 e. The maximum atomic E-state index is 5.74. The van der Waals surface area contributed by atoms with Crippen LogP contribution in [0.15, 0.2) is 48.8 Å². The molecule has 1 saturated heterocycles. The van der Waals surface area contributed by atoms with Gasteiger partial charge in [-0.25, -0.2) is 4.68 Å². The van der Waals surface area contributed by atoms with Crippen LogP contribution in [0.5, 0.6) is 0 Å². The van der Waals surface area contributed by atoms with Gasteiger partial charge >= 0.3 is 0 Å². The average molecular weight is 395 g/mol. The summed E-state index contributed by atoms with van der Waals surface area (Å²) in [6.45, 7) is 9.76. The van der Waals surface area contributed by atoms with Gasteiger partial charge in [0.25, 0.3) is 0 Å². The number of aromatic nitrogens is 4. The first-order valence-electron chi connectivity index (χ1n) is 9.78. The summed E-state index contributed by atoms with van der Waals surface area (Å²) < 4.78 is 4.89. The van der Waals surface area contributed by atoms with E-state index in [0.717, 1.165) is 55.6 Å². The Bertz CT molecular complexity index is 986. The highest BCUT2D eigenvalue weighted by molar-refractivity contribution is 7.71. The Hall–Kier alpha value is -2.51. The maximum absolute atomic E-state index is 5.74. The first-order valence-corrected chi connectivity index (χ1v) is 10.2. The second-order valence-electron chi connectivity index (χ2n) is 7.12. The van der Waals surface area contributed by atoms with Crippen molar-refractivity contribution in [2.24, 2.45) is 0 Å². The van der Waals surface area contributed by atoms with E-state index in [9.17, 15) is 0 Å². The third kappa shape index (κ3) is 3.72. The molecule has 1 aliphatic heterocycles. The Morgan fingerprint density at radius 3 is 2.39 bits per heavy atom. The fourth-order valence-electron chi connectivity index (χ4n) is 3.73. The number of pyridine rings is 1. The monoisotopic (exact) mass is 394 g/mol. The van der Waals surface area contributed by atoms with Gasteiger partial charge in [0.15, 0.2) is 10.6 Å². The van der Waals surface area contributed by atoms with E-state index >= 15 is 0 Å². The minimum absolute atomic E-state index is 0.731. The van der Waals surface area contributed by atoms with Crippen molar-refractivity contribution < 1.29 is 0 Å². The number of hydrogen-bond donors (Lipinski definition) is 0. The van der Waals surface area contributed by atoms with Gasteiger partial charge in [-0.2, -0.15) is 5.10 Å². The molecule has 7 heteroatoms. The van der Waals surface area contributed by atoms with Crippen LogP contribution in [0.1, 0.15) is 12.5 Å². The van der Waals surface area contributed by atoms with Gasteiger partial charge in [-0.3, -0.25) is 9.88 Å². The summed E-state index contributed by atoms with van der Waals surface area (Å²) in [4.78, 5) is 8.93. The third-order valence-corrected chi connectivity index (χ3v) is 5.79. The van der Waals surface area contributed by atoms with Crippen molar-refractivity contribution in [1.82, 2.24) is 24.2 Å². The molecule has 0 aliphatic carbocycles. The van der Waals surface area contributed by atoms with Crippen LogP contribution < -0.4 is 4.90 Å². The summed E-state index contributed by atoms with van der Waals surface area (Å²) in [5.41, 5.74) is 3.61. The van der Waals surface area contributed by atoms with E-state index in [2.05, 4.69) is 69.6 Å². The Labute approximate surface area is 171 Å². The fraction of sp³-hybridized carbons (Fsp3) is 0.381. The van der Waals surface area contributed by atoms with Crippen LogP contribution in [0.4, 0.5) is 5.69 Å². The van der Waals surface area contributed by atoms with Gasteiger partial charge in [-0.15, -0.1) is 0 Å². The average Bonchev–Trinajstić information content (AvgIpc) is 3.04. The number of nitrogens with zero attached hydrogens (tertiary/aromatic N) is 6. The molecule has 0 N–H and O–H groups in total. The Balaban J connectivity index is 1.50. The molecule has 0 amide bonds. The highest BCUT2D eigenvalue weighted by atomic mass is 32.1. The highest BCUT2D eigenvalue weighted by Gasteiger charge is 2.20. The van der Waals surface area contributed by atoms with Crippen LogP contribution in [0.25, 0.3) is 11.4 Å². The van der Waals surface area contributed by atoms with Crippen LogP contribution in [0, 0.1) is 11.7 Å². The molecular formula is C21H26N6S. The SMILES string of the molecule is CCn1c(-c2ccccc2C)nn(CN2CCN(c3ccncc3)CC2)c1=S. The van der Waals surface area contributed by atoms with Crippen molar-refractivity contribution in [3.8, 4) is 11.4 Å². The number of hydrogen-bond acceptors (Lipinski definition) is 5. The van der Waals surface area contributed by atoms with E-state index in [4.69, 9.17) is 17.3 Å². The Morgan fingerprint density at radius 2 is 1.71 bits per heavy atom. The zero-order valence-corrected chi connectivity index (χ0v) is 17.3. The molecule has 3 heterocycles. The predicted molar refractivity (Wildman–Crippen MR) is 115 cm³/mol. The van der Waals surface area contributed by atoms with Crippen molar-refractivity contribution in [2.45, 2.75) is 27.1 Å². The molecular weight excluding hydrogens is 368 g/mol. The van der Waals surface area contributed by atoms with E-state index in [0.29, 0.717) is 0 Å². The molecule has 4 rings (SSSR count). The number of piperazine rings is 1. The van der Waals surface area contributed by atoms with E-state index in [1.54, 1.807) is 0 Å². The summed E-state index contributed by atoms with van der Waals surface area (Å²) in [6.07, 6.45) is 3.71. The summed E-state index contributed by atoms with van der Waals surface area (Å²) in [5, 5.41) is 4.89. The van der Waals surface area contributed by atoms with Crippen molar-refractivity contribution in [3.05, 3.63) is 59.1 Å². The molecule has 6 nitrogen and oxygen atoms in total. The fourth-order valence-corrected chi connectivity index (χ4v) is 4.05.